The third kappa shape index (κ3) is 4.13. The summed E-state index contributed by atoms with van der Waals surface area (Å²) in [5.41, 5.74) is 0.165. The van der Waals surface area contributed by atoms with Crippen LogP contribution in [0.25, 0.3) is 6.08 Å². The van der Waals surface area contributed by atoms with E-state index >= 15 is 0 Å². The van der Waals surface area contributed by atoms with Crippen molar-refractivity contribution >= 4 is 35.0 Å². The van der Waals surface area contributed by atoms with E-state index in [0.29, 0.717) is 5.02 Å². The van der Waals surface area contributed by atoms with Gasteiger partial charge in [0.15, 0.2) is 0 Å². The lowest BCUT2D eigenvalue weighted by Gasteiger charge is -2.02. The van der Waals surface area contributed by atoms with Gasteiger partial charge in [-0.05, 0) is 35.9 Å². The van der Waals surface area contributed by atoms with Crippen LogP contribution < -0.4 is 5.32 Å². The van der Waals surface area contributed by atoms with Crippen LogP contribution in [-0.4, -0.2) is 10.8 Å². The molecule has 0 radical (unpaired) electrons. The van der Waals surface area contributed by atoms with Crippen LogP contribution in [0.3, 0.4) is 0 Å². The molecule has 0 aliphatic heterocycles. The van der Waals surface area contributed by atoms with E-state index in [4.69, 9.17) is 11.6 Å². The fourth-order valence-electron chi connectivity index (χ4n) is 1.70. The molecule has 22 heavy (non-hydrogen) atoms. The molecule has 0 bridgehead atoms. The molecule has 1 amide bonds. The summed E-state index contributed by atoms with van der Waals surface area (Å²) in [5, 5.41) is 13.6. The standard InChI is InChI=1S/C15H10ClFN2O3/c16-11-3-1-2-10(8-11)4-7-15(20)18-12-5-6-13(17)14(9-12)19(21)22/h1-9H,(H,18,20)/b7-4+. The molecule has 5 nitrogen and oxygen atoms in total. The molecule has 0 saturated heterocycles. The highest BCUT2D eigenvalue weighted by molar-refractivity contribution is 6.30. The van der Waals surface area contributed by atoms with E-state index in [-0.39, 0.29) is 5.69 Å². The number of anilines is 1. The van der Waals surface area contributed by atoms with E-state index < -0.39 is 22.3 Å². The Balaban J connectivity index is 2.09. The van der Waals surface area contributed by atoms with Crippen molar-refractivity contribution in [3.8, 4) is 0 Å². The maximum Gasteiger partial charge on any atom is 0.306 e. The molecular weight excluding hydrogens is 311 g/mol. The summed E-state index contributed by atoms with van der Waals surface area (Å²) < 4.78 is 13.2. The molecular formula is C15H10ClFN2O3. The fraction of sp³-hybridized carbons (Fsp3) is 0. The zero-order valence-corrected chi connectivity index (χ0v) is 11.9. The number of halogens is 2. The monoisotopic (exact) mass is 320 g/mol. The van der Waals surface area contributed by atoms with Gasteiger partial charge in [-0.25, -0.2) is 0 Å². The number of nitrogens with one attached hydrogen (secondary N) is 1. The number of nitrogens with zero attached hydrogens (tertiary/aromatic N) is 1. The van der Waals surface area contributed by atoms with E-state index in [2.05, 4.69) is 5.32 Å². The largest absolute Gasteiger partial charge is 0.322 e. The van der Waals surface area contributed by atoms with Gasteiger partial charge in [-0.15, -0.1) is 0 Å². The average Bonchev–Trinajstić information content (AvgIpc) is 2.47. The van der Waals surface area contributed by atoms with Crippen LogP contribution in [0.5, 0.6) is 0 Å². The fourth-order valence-corrected chi connectivity index (χ4v) is 1.90. The lowest BCUT2D eigenvalue weighted by atomic mass is 10.2. The molecule has 0 aliphatic rings. The van der Waals surface area contributed by atoms with Gasteiger partial charge in [0.05, 0.1) is 4.92 Å². The summed E-state index contributed by atoms with van der Waals surface area (Å²) in [4.78, 5) is 21.5. The Labute approximate surface area is 130 Å². The summed E-state index contributed by atoms with van der Waals surface area (Å²) in [6.07, 6.45) is 2.79. The van der Waals surface area contributed by atoms with E-state index in [9.17, 15) is 19.3 Å². The van der Waals surface area contributed by atoms with Crippen molar-refractivity contribution in [1.82, 2.24) is 0 Å². The number of rotatable bonds is 4. The highest BCUT2D eigenvalue weighted by Crippen LogP contribution is 2.21. The SMILES string of the molecule is O=C(/C=C/c1cccc(Cl)c1)Nc1ccc(F)c([N+](=O)[O-])c1. The van der Waals surface area contributed by atoms with Gasteiger partial charge in [0.25, 0.3) is 0 Å². The van der Waals surface area contributed by atoms with E-state index in [1.807, 2.05) is 0 Å². The second-order valence-corrected chi connectivity index (χ2v) is 4.74. The van der Waals surface area contributed by atoms with Crippen molar-refractivity contribution in [2.45, 2.75) is 0 Å². The Hall–Kier alpha value is -2.73. The van der Waals surface area contributed by atoms with Crippen molar-refractivity contribution in [2.24, 2.45) is 0 Å². The van der Waals surface area contributed by atoms with Gasteiger partial charge in [0, 0.05) is 22.9 Å². The lowest BCUT2D eigenvalue weighted by Crippen LogP contribution is -2.08. The zero-order chi connectivity index (χ0) is 16.1. The molecule has 0 aliphatic carbocycles. The van der Waals surface area contributed by atoms with Gasteiger partial charge in [0.2, 0.25) is 11.7 Å². The van der Waals surface area contributed by atoms with Crippen LogP contribution in [0.15, 0.2) is 48.5 Å². The van der Waals surface area contributed by atoms with Crippen LogP contribution in [0.4, 0.5) is 15.8 Å². The maximum atomic E-state index is 13.2. The number of nitro groups is 1. The number of benzene rings is 2. The third-order valence-corrected chi connectivity index (χ3v) is 2.92. The molecule has 0 atom stereocenters. The van der Waals surface area contributed by atoms with Gasteiger partial charge in [-0.3, -0.25) is 14.9 Å². The number of hydrogen-bond acceptors (Lipinski definition) is 3. The topological polar surface area (TPSA) is 72.2 Å². The smallest absolute Gasteiger partial charge is 0.306 e. The van der Waals surface area contributed by atoms with E-state index in [1.165, 1.54) is 12.1 Å². The van der Waals surface area contributed by atoms with Crippen LogP contribution >= 0.6 is 11.6 Å². The highest BCUT2D eigenvalue weighted by atomic mass is 35.5. The summed E-state index contributed by atoms with van der Waals surface area (Å²) in [7, 11) is 0. The molecule has 0 fully saturated rings. The van der Waals surface area contributed by atoms with Gasteiger partial charge in [0.1, 0.15) is 0 Å². The van der Waals surface area contributed by atoms with Crippen molar-refractivity contribution in [2.75, 3.05) is 5.32 Å². The quantitative estimate of drug-likeness (QED) is 0.525. The molecule has 0 unspecified atom stereocenters. The third-order valence-electron chi connectivity index (χ3n) is 2.69. The maximum absolute atomic E-state index is 13.2. The first-order chi connectivity index (χ1) is 10.5. The molecule has 0 heterocycles. The Morgan fingerprint density at radius 1 is 1.27 bits per heavy atom. The Morgan fingerprint density at radius 2 is 2.05 bits per heavy atom. The molecule has 0 spiro atoms. The molecule has 2 rings (SSSR count). The van der Waals surface area contributed by atoms with Crippen molar-refractivity contribution in [3.05, 3.63) is 75.1 Å². The Morgan fingerprint density at radius 3 is 2.73 bits per heavy atom. The molecule has 2 aromatic carbocycles. The zero-order valence-electron chi connectivity index (χ0n) is 11.1. The van der Waals surface area contributed by atoms with Crippen molar-refractivity contribution in [1.29, 1.82) is 0 Å². The van der Waals surface area contributed by atoms with E-state index in [0.717, 1.165) is 17.7 Å². The minimum Gasteiger partial charge on any atom is -0.322 e. The Bertz CT molecular complexity index is 762. The summed E-state index contributed by atoms with van der Waals surface area (Å²) >= 11 is 5.82. The van der Waals surface area contributed by atoms with E-state index in [1.54, 1.807) is 30.3 Å². The molecule has 2 aromatic rings. The van der Waals surface area contributed by atoms with Crippen LogP contribution in [0, 0.1) is 15.9 Å². The minimum absolute atomic E-state index is 0.133. The first-order valence-electron chi connectivity index (χ1n) is 6.14. The molecule has 0 aromatic heterocycles. The summed E-state index contributed by atoms with van der Waals surface area (Å²) in [6.45, 7) is 0. The lowest BCUT2D eigenvalue weighted by molar-refractivity contribution is -0.387. The molecule has 0 saturated carbocycles. The number of hydrogen-bond donors (Lipinski definition) is 1. The number of nitro benzene ring substituents is 1. The van der Waals surface area contributed by atoms with Gasteiger partial charge < -0.3 is 5.32 Å². The average molecular weight is 321 g/mol. The number of carbonyl (C=O) groups is 1. The predicted molar refractivity (Wildman–Crippen MR) is 82.2 cm³/mol. The minimum atomic E-state index is -0.961. The number of amides is 1. The second-order valence-electron chi connectivity index (χ2n) is 4.30. The first-order valence-corrected chi connectivity index (χ1v) is 6.52. The van der Waals surface area contributed by atoms with Crippen LogP contribution in [-0.2, 0) is 4.79 Å². The highest BCUT2D eigenvalue weighted by Gasteiger charge is 2.14. The summed E-state index contributed by atoms with van der Waals surface area (Å²) in [5.74, 6) is -1.46. The van der Waals surface area contributed by atoms with Gasteiger partial charge >= 0.3 is 5.69 Å². The van der Waals surface area contributed by atoms with Gasteiger partial charge in [-0.2, -0.15) is 4.39 Å². The second kappa shape index (κ2) is 6.82. The van der Waals surface area contributed by atoms with Crippen LogP contribution in [0.2, 0.25) is 5.02 Å². The Kier molecular flexibility index (Phi) is 4.85. The van der Waals surface area contributed by atoms with Gasteiger partial charge in [-0.1, -0.05) is 23.7 Å². The van der Waals surface area contributed by atoms with Crippen molar-refractivity contribution < 1.29 is 14.1 Å². The molecule has 1 N–H and O–H groups in total. The molecule has 7 heteroatoms. The predicted octanol–water partition coefficient (Wildman–Crippen LogP) is 4.04. The first kappa shape index (κ1) is 15.7. The number of carbonyl (C=O) groups excluding carboxylic acids is 1. The summed E-state index contributed by atoms with van der Waals surface area (Å²) in [6, 6.07) is 10.0. The molecule has 112 valence electrons. The van der Waals surface area contributed by atoms with Crippen molar-refractivity contribution in [3.63, 3.8) is 0 Å². The van der Waals surface area contributed by atoms with Crippen LogP contribution in [0.1, 0.15) is 5.56 Å². The normalized spacial score (nSPS) is 10.6.